The van der Waals surface area contributed by atoms with Crippen LogP contribution < -0.4 is 0 Å². The van der Waals surface area contributed by atoms with E-state index in [4.69, 9.17) is 11.6 Å². The van der Waals surface area contributed by atoms with Crippen molar-refractivity contribution in [3.8, 4) is 22.6 Å². The van der Waals surface area contributed by atoms with Crippen molar-refractivity contribution in [2.75, 3.05) is 0 Å². The lowest BCUT2D eigenvalue weighted by Gasteiger charge is -2.15. The van der Waals surface area contributed by atoms with Crippen molar-refractivity contribution in [1.29, 1.82) is 0 Å². The lowest BCUT2D eigenvalue weighted by molar-refractivity contribution is -0.143. The van der Waals surface area contributed by atoms with Crippen molar-refractivity contribution in [2.24, 2.45) is 0 Å². The number of benzene rings is 2. The van der Waals surface area contributed by atoms with E-state index in [0.717, 1.165) is 5.56 Å². The van der Waals surface area contributed by atoms with E-state index in [1.807, 2.05) is 18.2 Å². The number of hydrogen-bond donors (Lipinski definition) is 0. The van der Waals surface area contributed by atoms with Crippen molar-refractivity contribution in [1.82, 2.24) is 30.2 Å². The van der Waals surface area contributed by atoms with E-state index in [0.29, 0.717) is 51.8 Å². The van der Waals surface area contributed by atoms with E-state index in [-0.39, 0.29) is 17.3 Å². The van der Waals surface area contributed by atoms with Crippen molar-refractivity contribution in [2.45, 2.75) is 32.2 Å². The molecular formula is C28H19ClF6N6. The molecule has 0 unspecified atom stereocenters. The van der Waals surface area contributed by atoms with Crippen LogP contribution in [-0.2, 0) is 25.3 Å². The Kier molecular flexibility index (Phi) is 7.52. The molecule has 0 fully saturated rings. The number of nitrogens with zero attached hydrogens (tertiary/aromatic N) is 6. The van der Waals surface area contributed by atoms with E-state index in [9.17, 15) is 26.3 Å². The number of alkyl halides is 6. The van der Waals surface area contributed by atoms with Gasteiger partial charge >= 0.3 is 12.4 Å². The SMILES string of the molecule is Cc1cc(Cc2ccccc2Cl)c(-c2nnn(Cc3cc(C(F)(F)F)cc(C(F)(F)F)c3)c2-c2ccncc2)nn1. The zero-order chi connectivity index (χ0) is 29.4. The normalized spacial score (nSPS) is 12.1. The monoisotopic (exact) mass is 588 g/mol. The van der Waals surface area contributed by atoms with Crippen LogP contribution in [-0.4, -0.2) is 30.2 Å². The molecule has 5 rings (SSSR count). The predicted molar refractivity (Wildman–Crippen MR) is 139 cm³/mol. The van der Waals surface area contributed by atoms with Gasteiger partial charge in [-0.15, -0.1) is 10.2 Å². The van der Waals surface area contributed by atoms with Gasteiger partial charge in [-0.2, -0.15) is 31.4 Å². The van der Waals surface area contributed by atoms with Crippen LogP contribution in [0.15, 0.2) is 73.1 Å². The maximum absolute atomic E-state index is 13.5. The highest BCUT2D eigenvalue weighted by atomic mass is 35.5. The van der Waals surface area contributed by atoms with Crippen LogP contribution in [0.3, 0.4) is 0 Å². The highest BCUT2D eigenvalue weighted by Gasteiger charge is 2.37. The highest BCUT2D eigenvalue weighted by molar-refractivity contribution is 6.31. The summed E-state index contributed by atoms with van der Waals surface area (Å²) in [6, 6.07) is 13.7. The molecule has 2 aromatic carbocycles. The molecule has 0 spiro atoms. The molecule has 0 atom stereocenters. The first kappa shape index (κ1) is 28.2. The molecule has 0 N–H and O–H groups in total. The van der Waals surface area contributed by atoms with Crippen molar-refractivity contribution in [3.05, 3.63) is 112 Å². The molecule has 210 valence electrons. The molecule has 3 aromatic heterocycles. The number of hydrogen-bond acceptors (Lipinski definition) is 5. The fourth-order valence-electron chi connectivity index (χ4n) is 4.39. The topological polar surface area (TPSA) is 69.4 Å². The third kappa shape index (κ3) is 6.22. The van der Waals surface area contributed by atoms with Gasteiger partial charge in [0, 0.05) is 29.4 Å². The second-order valence-corrected chi connectivity index (χ2v) is 9.63. The van der Waals surface area contributed by atoms with Gasteiger partial charge in [-0.05, 0) is 66.1 Å². The zero-order valence-corrected chi connectivity index (χ0v) is 21.9. The van der Waals surface area contributed by atoms with Gasteiger partial charge < -0.3 is 0 Å². The molecule has 0 radical (unpaired) electrons. The van der Waals surface area contributed by atoms with Crippen LogP contribution in [0, 0.1) is 6.92 Å². The summed E-state index contributed by atoms with van der Waals surface area (Å²) in [6.07, 6.45) is -6.62. The molecule has 5 aromatic rings. The van der Waals surface area contributed by atoms with Gasteiger partial charge in [0.1, 0.15) is 11.4 Å². The van der Waals surface area contributed by atoms with Gasteiger partial charge in [-0.3, -0.25) is 4.98 Å². The van der Waals surface area contributed by atoms with Gasteiger partial charge in [-0.1, -0.05) is 35.0 Å². The van der Waals surface area contributed by atoms with Gasteiger partial charge in [-0.25, -0.2) is 4.68 Å². The number of aryl methyl sites for hydroxylation is 1. The maximum Gasteiger partial charge on any atom is 0.416 e. The summed E-state index contributed by atoms with van der Waals surface area (Å²) in [5.74, 6) is 0. The standard InChI is InChI=1S/C28H19ClF6N6/c1-16-10-20(13-19-4-2-3-5-23(19)29)24(38-37-16)25-26(18-6-8-36-9-7-18)41(40-39-25)15-17-11-21(27(30,31)32)14-22(12-17)28(33,34)35/h2-12,14H,13,15H2,1H3. The maximum atomic E-state index is 13.5. The van der Waals surface area contributed by atoms with Crippen LogP contribution >= 0.6 is 11.6 Å². The Hall–Kier alpha value is -4.32. The third-order valence-corrected chi connectivity index (χ3v) is 6.60. The number of halogens is 7. The van der Waals surface area contributed by atoms with Gasteiger partial charge in [0.2, 0.25) is 0 Å². The molecular weight excluding hydrogens is 570 g/mol. The van der Waals surface area contributed by atoms with Crippen molar-refractivity contribution >= 4 is 11.6 Å². The minimum atomic E-state index is -4.98. The Morgan fingerprint density at radius 1 is 0.756 bits per heavy atom. The summed E-state index contributed by atoms with van der Waals surface area (Å²) < 4.78 is 82.2. The second-order valence-electron chi connectivity index (χ2n) is 9.22. The molecule has 6 nitrogen and oxygen atoms in total. The van der Waals surface area contributed by atoms with E-state index < -0.39 is 30.0 Å². The zero-order valence-electron chi connectivity index (χ0n) is 21.2. The first-order valence-corrected chi connectivity index (χ1v) is 12.5. The van der Waals surface area contributed by atoms with E-state index in [1.165, 1.54) is 17.1 Å². The Balaban J connectivity index is 1.66. The molecule has 0 aliphatic carbocycles. The molecule has 0 bridgehead atoms. The van der Waals surface area contributed by atoms with E-state index >= 15 is 0 Å². The quantitative estimate of drug-likeness (QED) is 0.193. The second kappa shape index (κ2) is 10.9. The van der Waals surface area contributed by atoms with Crippen molar-refractivity contribution in [3.63, 3.8) is 0 Å². The number of pyridine rings is 1. The summed E-state index contributed by atoms with van der Waals surface area (Å²) in [5.41, 5.74) is 0.464. The first-order valence-electron chi connectivity index (χ1n) is 12.1. The summed E-state index contributed by atoms with van der Waals surface area (Å²) >= 11 is 6.39. The Morgan fingerprint density at radius 3 is 2.05 bits per heavy atom. The lowest BCUT2D eigenvalue weighted by atomic mass is 9.99. The molecule has 0 aliphatic heterocycles. The van der Waals surface area contributed by atoms with Crippen LogP contribution in [0.2, 0.25) is 5.02 Å². The molecule has 0 saturated heterocycles. The van der Waals surface area contributed by atoms with Crippen LogP contribution in [0.4, 0.5) is 26.3 Å². The Morgan fingerprint density at radius 2 is 1.41 bits per heavy atom. The third-order valence-electron chi connectivity index (χ3n) is 6.23. The first-order chi connectivity index (χ1) is 19.4. The molecule has 3 heterocycles. The summed E-state index contributed by atoms with van der Waals surface area (Å²) in [4.78, 5) is 4.00. The largest absolute Gasteiger partial charge is 0.416 e. The summed E-state index contributed by atoms with van der Waals surface area (Å²) in [5, 5.41) is 17.4. The molecule has 0 aliphatic rings. The van der Waals surface area contributed by atoms with Gasteiger partial charge in [0.25, 0.3) is 0 Å². The van der Waals surface area contributed by atoms with Crippen LogP contribution in [0.25, 0.3) is 22.6 Å². The molecule has 41 heavy (non-hydrogen) atoms. The predicted octanol–water partition coefficient (Wildman–Crippen LogP) is 7.44. The van der Waals surface area contributed by atoms with Crippen LogP contribution in [0.5, 0.6) is 0 Å². The molecule has 13 heteroatoms. The highest BCUT2D eigenvalue weighted by Crippen LogP contribution is 2.37. The number of aromatic nitrogens is 6. The average Bonchev–Trinajstić information content (AvgIpc) is 3.32. The average molecular weight is 589 g/mol. The van der Waals surface area contributed by atoms with E-state index in [1.54, 1.807) is 31.2 Å². The van der Waals surface area contributed by atoms with Gasteiger partial charge in [0.15, 0.2) is 0 Å². The minimum Gasteiger partial charge on any atom is -0.265 e. The fraction of sp³-hybridized carbons (Fsp3) is 0.179. The van der Waals surface area contributed by atoms with Crippen molar-refractivity contribution < 1.29 is 26.3 Å². The summed E-state index contributed by atoms with van der Waals surface area (Å²) in [6.45, 7) is 1.33. The smallest absolute Gasteiger partial charge is 0.265 e. The number of rotatable bonds is 6. The molecule has 0 saturated carbocycles. The lowest BCUT2D eigenvalue weighted by Crippen LogP contribution is -2.13. The summed E-state index contributed by atoms with van der Waals surface area (Å²) in [7, 11) is 0. The molecule has 0 amide bonds. The van der Waals surface area contributed by atoms with Gasteiger partial charge in [0.05, 0.1) is 29.1 Å². The fourth-order valence-corrected chi connectivity index (χ4v) is 4.59. The Labute approximate surface area is 234 Å². The Bertz CT molecular complexity index is 1670. The minimum absolute atomic E-state index is 0.0862. The van der Waals surface area contributed by atoms with E-state index in [2.05, 4.69) is 25.5 Å². The van der Waals surface area contributed by atoms with Crippen LogP contribution in [0.1, 0.15) is 33.5 Å².